The van der Waals surface area contributed by atoms with Crippen LogP contribution in [0.5, 0.6) is 0 Å². The first-order valence-electron chi connectivity index (χ1n) is 6.76. The van der Waals surface area contributed by atoms with Gasteiger partial charge in [-0.1, -0.05) is 60.3 Å². The highest BCUT2D eigenvalue weighted by atomic mass is 32.2. The lowest BCUT2D eigenvalue weighted by Crippen LogP contribution is -1.96. The van der Waals surface area contributed by atoms with Gasteiger partial charge in [-0.25, -0.2) is 0 Å². The average Bonchev–Trinajstić information content (AvgIpc) is 2.51. The van der Waals surface area contributed by atoms with E-state index in [-0.39, 0.29) is 5.12 Å². The second kappa shape index (κ2) is 5.68. The minimum atomic E-state index is 0.252. The Morgan fingerprint density at radius 2 is 1.50 bits per heavy atom. The molecule has 0 bridgehead atoms. The van der Waals surface area contributed by atoms with Crippen LogP contribution in [0.2, 0.25) is 0 Å². The number of benzene rings is 3. The summed E-state index contributed by atoms with van der Waals surface area (Å²) in [5, 5.41) is 5.28. The largest absolute Gasteiger partial charge is 0.287 e. The second-order valence-electron chi connectivity index (χ2n) is 4.87. The molecule has 3 rings (SSSR count). The van der Waals surface area contributed by atoms with Crippen molar-refractivity contribution in [3.05, 3.63) is 60.2 Å². The summed E-state index contributed by atoms with van der Waals surface area (Å²) < 4.78 is 0. The molecule has 0 N–H and O–H groups in total. The molecule has 0 aliphatic carbocycles. The smallest absolute Gasteiger partial charge is 0.189 e. The van der Waals surface area contributed by atoms with E-state index in [0.29, 0.717) is 6.42 Å². The van der Waals surface area contributed by atoms with Crippen molar-refractivity contribution in [1.29, 1.82) is 0 Å². The van der Waals surface area contributed by atoms with Crippen molar-refractivity contribution in [3.8, 4) is 0 Å². The molecule has 0 atom stereocenters. The molecule has 0 fully saturated rings. The van der Waals surface area contributed by atoms with Gasteiger partial charge in [0.25, 0.3) is 0 Å². The minimum absolute atomic E-state index is 0.252. The Hall–Kier alpha value is -1.80. The number of rotatable bonds is 3. The number of carbonyl (C=O) groups is 1. The zero-order valence-electron chi connectivity index (χ0n) is 11.4. The molecule has 20 heavy (non-hydrogen) atoms. The predicted molar refractivity (Wildman–Crippen MR) is 88.3 cm³/mol. The summed E-state index contributed by atoms with van der Waals surface area (Å²) in [6.07, 6.45) is 3.25. The maximum atomic E-state index is 11.6. The first-order chi connectivity index (χ1) is 9.79. The molecule has 1 nitrogen and oxygen atoms in total. The van der Waals surface area contributed by atoms with Gasteiger partial charge in [0.1, 0.15) is 0 Å². The van der Waals surface area contributed by atoms with E-state index in [0.717, 1.165) is 6.42 Å². The van der Waals surface area contributed by atoms with E-state index < -0.39 is 0 Å². The number of aryl methyl sites for hydroxylation is 1. The molecule has 100 valence electrons. The number of hydrogen-bond acceptors (Lipinski definition) is 2. The van der Waals surface area contributed by atoms with Gasteiger partial charge in [-0.05, 0) is 45.9 Å². The Labute approximate surface area is 123 Å². The molecule has 0 heterocycles. The zero-order valence-corrected chi connectivity index (χ0v) is 12.2. The highest BCUT2D eigenvalue weighted by Gasteiger charge is 2.09. The third-order valence-electron chi connectivity index (χ3n) is 3.69. The van der Waals surface area contributed by atoms with Crippen molar-refractivity contribution in [2.24, 2.45) is 0 Å². The van der Waals surface area contributed by atoms with Crippen molar-refractivity contribution in [3.63, 3.8) is 0 Å². The maximum Gasteiger partial charge on any atom is 0.189 e. The molecule has 0 amide bonds. The van der Waals surface area contributed by atoms with E-state index in [1.807, 2.05) is 6.26 Å². The maximum absolute atomic E-state index is 11.6. The first-order valence-corrected chi connectivity index (χ1v) is 7.98. The van der Waals surface area contributed by atoms with Crippen LogP contribution in [0, 0.1) is 0 Å². The summed E-state index contributed by atoms with van der Waals surface area (Å²) in [6.45, 7) is 0. The normalized spacial score (nSPS) is 11.1. The monoisotopic (exact) mass is 280 g/mol. The summed E-state index contributed by atoms with van der Waals surface area (Å²) >= 11 is 1.32. The Balaban J connectivity index is 2.20. The van der Waals surface area contributed by atoms with Gasteiger partial charge in [0.05, 0.1) is 0 Å². The first kappa shape index (κ1) is 13.2. The van der Waals surface area contributed by atoms with Crippen LogP contribution in [0.15, 0.2) is 54.6 Å². The van der Waals surface area contributed by atoms with Gasteiger partial charge >= 0.3 is 0 Å². The lowest BCUT2D eigenvalue weighted by Gasteiger charge is -2.11. The Morgan fingerprint density at radius 3 is 2.05 bits per heavy atom. The summed E-state index contributed by atoms with van der Waals surface area (Å²) in [4.78, 5) is 11.6. The van der Waals surface area contributed by atoms with E-state index in [9.17, 15) is 4.79 Å². The van der Waals surface area contributed by atoms with Crippen LogP contribution in [0.3, 0.4) is 0 Å². The molecule has 0 saturated carbocycles. The van der Waals surface area contributed by atoms with Gasteiger partial charge in [-0.2, -0.15) is 0 Å². The average molecular weight is 280 g/mol. The van der Waals surface area contributed by atoms with Crippen molar-refractivity contribution in [2.75, 3.05) is 6.26 Å². The minimum Gasteiger partial charge on any atom is -0.287 e. The van der Waals surface area contributed by atoms with Crippen molar-refractivity contribution in [1.82, 2.24) is 0 Å². The molecule has 0 aromatic heterocycles. The summed E-state index contributed by atoms with van der Waals surface area (Å²) in [5.74, 6) is 0. The van der Waals surface area contributed by atoms with E-state index in [1.165, 1.54) is 38.9 Å². The predicted octanol–water partition coefficient (Wildman–Crippen LogP) is 4.82. The van der Waals surface area contributed by atoms with Crippen LogP contribution in [0.1, 0.15) is 12.0 Å². The SMILES string of the molecule is CSC(=O)CCc1c2ccccc2cc2ccccc12. The molecular formula is C18H16OS. The van der Waals surface area contributed by atoms with Crippen LogP contribution in [0.4, 0.5) is 0 Å². The van der Waals surface area contributed by atoms with Crippen molar-refractivity contribution < 1.29 is 4.79 Å². The summed E-state index contributed by atoms with van der Waals surface area (Å²) in [6, 6.07) is 19.1. The van der Waals surface area contributed by atoms with E-state index in [1.54, 1.807) is 0 Å². The number of carbonyl (C=O) groups excluding carboxylic acids is 1. The van der Waals surface area contributed by atoms with Crippen molar-refractivity contribution >= 4 is 38.4 Å². The highest BCUT2D eigenvalue weighted by Crippen LogP contribution is 2.29. The molecule has 0 spiro atoms. The van der Waals surface area contributed by atoms with Crippen LogP contribution in [0.25, 0.3) is 21.5 Å². The number of hydrogen-bond donors (Lipinski definition) is 0. The Morgan fingerprint density at radius 1 is 0.950 bits per heavy atom. The van der Waals surface area contributed by atoms with Crippen LogP contribution in [-0.4, -0.2) is 11.4 Å². The lowest BCUT2D eigenvalue weighted by atomic mass is 9.94. The van der Waals surface area contributed by atoms with E-state index in [2.05, 4.69) is 54.6 Å². The van der Waals surface area contributed by atoms with E-state index in [4.69, 9.17) is 0 Å². The van der Waals surface area contributed by atoms with Gasteiger partial charge in [-0.15, -0.1) is 0 Å². The van der Waals surface area contributed by atoms with Gasteiger partial charge in [-0.3, -0.25) is 4.79 Å². The molecule has 0 saturated heterocycles. The molecular weight excluding hydrogens is 264 g/mol. The van der Waals surface area contributed by atoms with Gasteiger partial charge < -0.3 is 0 Å². The molecule has 0 radical (unpaired) electrons. The molecule has 2 heteroatoms. The third-order valence-corrected chi connectivity index (χ3v) is 4.35. The van der Waals surface area contributed by atoms with Crippen LogP contribution >= 0.6 is 11.8 Å². The molecule has 3 aromatic rings. The standard InChI is InChI=1S/C18H16OS/c1-20-18(19)11-10-17-15-8-4-2-6-13(15)12-14-7-3-5-9-16(14)17/h2-9,12H,10-11H2,1H3. The third kappa shape index (κ3) is 2.44. The fourth-order valence-corrected chi connectivity index (χ4v) is 3.01. The van der Waals surface area contributed by atoms with E-state index >= 15 is 0 Å². The molecule has 0 aliphatic rings. The number of fused-ring (bicyclic) bond motifs is 2. The highest BCUT2D eigenvalue weighted by molar-refractivity contribution is 8.13. The zero-order chi connectivity index (χ0) is 13.9. The van der Waals surface area contributed by atoms with Gasteiger partial charge in [0.15, 0.2) is 5.12 Å². The van der Waals surface area contributed by atoms with Crippen LogP contribution in [-0.2, 0) is 11.2 Å². The number of thioether (sulfide) groups is 1. The molecule has 3 aromatic carbocycles. The quantitative estimate of drug-likeness (QED) is 0.640. The fourth-order valence-electron chi connectivity index (χ4n) is 2.71. The molecule has 0 unspecified atom stereocenters. The van der Waals surface area contributed by atoms with Crippen LogP contribution < -0.4 is 0 Å². The fraction of sp³-hybridized carbons (Fsp3) is 0.167. The lowest BCUT2D eigenvalue weighted by molar-refractivity contribution is -0.110. The second-order valence-corrected chi connectivity index (χ2v) is 5.74. The molecule has 0 aliphatic heterocycles. The van der Waals surface area contributed by atoms with Gasteiger partial charge in [0, 0.05) is 6.42 Å². The Bertz CT molecular complexity index is 723. The summed E-state index contributed by atoms with van der Waals surface area (Å²) in [5.41, 5.74) is 1.29. The van der Waals surface area contributed by atoms with Gasteiger partial charge in [0.2, 0.25) is 0 Å². The van der Waals surface area contributed by atoms with Crippen molar-refractivity contribution in [2.45, 2.75) is 12.8 Å². The topological polar surface area (TPSA) is 17.1 Å². The summed E-state index contributed by atoms with van der Waals surface area (Å²) in [7, 11) is 0. The Kier molecular flexibility index (Phi) is 3.75.